The van der Waals surface area contributed by atoms with Gasteiger partial charge >= 0.3 is 5.97 Å². The molecule has 6 nitrogen and oxygen atoms in total. The Bertz CT molecular complexity index is 501. The summed E-state index contributed by atoms with van der Waals surface area (Å²) in [4.78, 5) is 25.1. The molecule has 1 aliphatic carbocycles. The van der Waals surface area contributed by atoms with E-state index >= 15 is 0 Å². The van der Waals surface area contributed by atoms with Crippen LogP contribution in [0.4, 0.5) is 5.69 Å². The first-order valence-corrected chi connectivity index (χ1v) is 7.00. The molecule has 1 saturated carbocycles. The normalized spacial score (nSPS) is 16.2. The molecule has 1 aliphatic rings. The summed E-state index contributed by atoms with van der Waals surface area (Å²) >= 11 is 1.43. The third kappa shape index (κ3) is 3.44. The molecule has 0 unspecified atom stereocenters. The number of hydrogen-bond acceptors (Lipinski definition) is 5. The highest BCUT2D eigenvalue weighted by molar-refractivity contribution is 7.99. The van der Waals surface area contributed by atoms with E-state index in [1.165, 1.54) is 18.2 Å². The molecule has 1 aromatic rings. The number of rotatable bonds is 4. The van der Waals surface area contributed by atoms with Crippen LogP contribution in [0.25, 0.3) is 0 Å². The van der Waals surface area contributed by atoms with Crippen molar-refractivity contribution in [3.63, 3.8) is 0 Å². The Hall–Kier alpha value is -1.63. The average Bonchev–Trinajstić information content (AvgIpc) is 2.39. The number of carbonyl (C=O) groups is 1. The molecule has 0 saturated heterocycles. The smallest absolute Gasteiger partial charge is 0.338 e. The summed E-state index contributed by atoms with van der Waals surface area (Å²) in [6.45, 7) is 0. The zero-order chi connectivity index (χ0) is 13.8. The molecular weight excluding hydrogens is 268 g/mol. The summed E-state index contributed by atoms with van der Waals surface area (Å²) < 4.78 is 0. The number of nitrogens with zero attached hydrogens (tertiary/aromatic N) is 2. The summed E-state index contributed by atoms with van der Waals surface area (Å²) in [6.07, 6.45) is 6.72. The lowest BCUT2D eigenvalue weighted by atomic mass is 10.0. The molecule has 1 N–H and O–H groups in total. The van der Waals surface area contributed by atoms with Crippen molar-refractivity contribution in [1.82, 2.24) is 4.98 Å². The van der Waals surface area contributed by atoms with Gasteiger partial charge < -0.3 is 5.11 Å². The lowest BCUT2D eigenvalue weighted by molar-refractivity contribution is -0.385. The molecule has 0 aromatic carbocycles. The van der Waals surface area contributed by atoms with Crippen molar-refractivity contribution < 1.29 is 14.8 Å². The van der Waals surface area contributed by atoms with Gasteiger partial charge in [0.15, 0.2) is 0 Å². The quantitative estimate of drug-likeness (QED) is 0.673. The number of pyridine rings is 1. The van der Waals surface area contributed by atoms with Gasteiger partial charge in [0.05, 0.1) is 10.5 Å². The van der Waals surface area contributed by atoms with Crippen LogP contribution < -0.4 is 0 Å². The molecule has 19 heavy (non-hydrogen) atoms. The van der Waals surface area contributed by atoms with Gasteiger partial charge in [0.2, 0.25) is 0 Å². The van der Waals surface area contributed by atoms with Crippen LogP contribution in [0.15, 0.2) is 17.3 Å². The molecule has 0 bridgehead atoms. The Labute approximate surface area is 114 Å². The van der Waals surface area contributed by atoms with Crippen LogP contribution in [0, 0.1) is 10.1 Å². The highest BCUT2D eigenvalue weighted by Gasteiger charge is 2.22. The van der Waals surface area contributed by atoms with E-state index in [2.05, 4.69) is 4.98 Å². The molecule has 1 heterocycles. The highest BCUT2D eigenvalue weighted by Crippen LogP contribution is 2.35. The number of nitro groups is 1. The van der Waals surface area contributed by atoms with E-state index in [-0.39, 0.29) is 11.3 Å². The van der Waals surface area contributed by atoms with Crippen LogP contribution in [0.3, 0.4) is 0 Å². The third-order valence-electron chi connectivity index (χ3n) is 3.11. The summed E-state index contributed by atoms with van der Waals surface area (Å²) in [6, 6.07) is 1.08. The van der Waals surface area contributed by atoms with Gasteiger partial charge in [-0.15, -0.1) is 11.8 Å². The van der Waals surface area contributed by atoms with E-state index in [1.807, 2.05) is 0 Å². The summed E-state index contributed by atoms with van der Waals surface area (Å²) in [7, 11) is 0. The number of hydrogen-bond donors (Lipinski definition) is 1. The van der Waals surface area contributed by atoms with Crippen LogP contribution in [-0.4, -0.2) is 26.2 Å². The van der Waals surface area contributed by atoms with Gasteiger partial charge in [-0.1, -0.05) is 19.3 Å². The molecule has 0 spiro atoms. The molecule has 0 radical (unpaired) electrons. The van der Waals surface area contributed by atoms with Crippen molar-refractivity contribution in [3.05, 3.63) is 27.9 Å². The van der Waals surface area contributed by atoms with Gasteiger partial charge in [-0.05, 0) is 12.8 Å². The van der Waals surface area contributed by atoms with Gasteiger partial charge in [-0.2, -0.15) is 0 Å². The van der Waals surface area contributed by atoms with Crippen LogP contribution >= 0.6 is 11.8 Å². The molecule has 1 aromatic heterocycles. The van der Waals surface area contributed by atoms with Crippen molar-refractivity contribution in [2.24, 2.45) is 0 Å². The minimum Gasteiger partial charge on any atom is -0.478 e. The fourth-order valence-corrected chi connectivity index (χ4v) is 3.40. The lowest BCUT2D eigenvalue weighted by Crippen LogP contribution is -2.10. The van der Waals surface area contributed by atoms with Crippen molar-refractivity contribution in [2.75, 3.05) is 0 Å². The van der Waals surface area contributed by atoms with E-state index in [0.29, 0.717) is 10.3 Å². The number of aromatic nitrogens is 1. The molecule has 0 atom stereocenters. The lowest BCUT2D eigenvalue weighted by Gasteiger charge is -2.20. The maximum absolute atomic E-state index is 11.2. The number of thioether (sulfide) groups is 1. The summed E-state index contributed by atoms with van der Waals surface area (Å²) in [5, 5.41) is 20.5. The van der Waals surface area contributed by atoms with Crippen molar-refractivity contribution in [1.29, 1.82) is 0 Å². The predicted octanol–water partition coefficient (Wildman–Crippen LogP) is 3.11. The minimum absolute atomic E-state index is 0.0789. The zero-order valence-electron chi connectivity index (χ0n) is 10.2. The monoisotopic (exact) mass is 282 g/mol. The van der Waals surface area contributed by atoms with E-state index in [4.69, 9.17) is 5.11 Å². The predicted molar refractivity (Wildman–Crippen MR) is 70.6 cm³/mol. The van der Waals surface area contributed by atoms with Gasteiger partial charge in [-0.25, -0.2) is 9.78 Å². The molecule has 2 rings (SSSR count). The van der Waals surface area contributed by atoms with Crippen LogP contribution in [0.1, 0.15) is 42.5 Å². The Balaban J connectivity index is 2.23. The Morgan fingerprint density at radius 3 is 2.68 bits per heavy atom. The molecule has 102 valence electrons. The first-order valence-electron chi connectivity index (χ1n) is 6.12. The summed E-state index contributed by atoms with van der Waals surface area (Å²) in [5.74, 6) is -1.17. The minimum atomic E-state index is -1.17. The molecule has 0 aliphatic heterocycles. The van der Waals surface area contributed by atoms with Crippen molar-refractivity contribution in [2.45, 2.75) is 42.4 Å². The number of carboxylic acids is 1. The van der Waals surface area contributed by atoms with E-state index in [1.54, 1.807) is 0 Å². The standard InChI is InChI=1S/C12H14N2O4S/c15-12(16)10-6-8(14(17)18)7-13-11(10)19-9-4-2-1-3-5-9/h6-7,9H,1-5H2,(H,15,16). The second-order valence-corrected chi connectivity index (χ2v) is 5.78. The number of aromatic carboxylic acids is 1. The zero-order valence-corrected chi connectivity index (χ0v) is 11.1. The Morgan fingerprint density at radius 2 is 2.11 bits per heavy atom. The first-order chi connectivity index (χ1) is 9.08. The molecule has 0 amide bonds. The maximum Gasteiger partial charge on any atom is 0.338 e. The largest absolute Gasteiger partial charge is 0.478 e. The highest BCUT2D eigenvalue weighted by atomic mass is 32.2. The van der Waals surface area contributed by atoms with E-state index < -0.39 is 10.9 Å². The second-order valence-electron chi connectivity index (χ2n) is 4.49. The van der Waals surface area contributed by atoms with E-state index in [0.717, 1.165) is 37.9 Å². The number of carboxylic acid groups (broad SMARTS) is 1. The first kappa shape index (κ1) is 13.8. The topological polar surface area (TPSA) is 93.3 Å². The third-order valence-corrected chi connectivity index (χ3v) is 4.46. The van der Waals surface area contributed by atoms with Gasteiger partial charge in [0.1, 0.15) is 11.2 Å². The molecule has 1 fully saturated rings. The van der Waals surface area contributed by atoms with Crippen LogP contribution in [-0.2, 0) is 0 Å². The Morgan fingerprint density at radius 1 is 1.42 bits per heavy atom. The fourth-order valence-electron chi connectivity index (χ4n) is 2.13. The van der Waals surface area contributed by atoms with E-state index in [9.17, 15) is 14.9 Å². The van der Waals surface area contributed by atoms with Gasteiger partial charge in [-0.3, -0.25) is 10.1 Å². The molecule has 7 heteroatoms. The van der Waals surface area contributed by atoms with Gasteiger partial charge in [0.25, 0.3) is 5.69 Å². The summed E-state index contributed by atoms with van der Waals surface area (Å²) in [5.41, 5.74) is -0.366. The van der Waals surface area contributed by atoms with Gasteiger partial charge in [0, 0.05) is 11.3 Å². The average molecular weight is 282 g/mol. The maximum atomic E-state index is 11.2. The van der Waals surface area contributed by atoms with Crippen LogP contribution in [0.5, 0.6) is 0 Å². The van der Waals surface area contributed by atoms with Crippen molar-refractivity contribution in [3.8, 4) is 0 Å². The van der Waals surface area contributed by atoms with Crippen molar-refractivity contribution >= 4 is 23.4 Å². The molecular formula is C12H14N2O4S. The second kappa shape index (κ2) is 6.01. The van der Waals surface area contributed by atoms with Crippen LogP contribution in [0.2, 0.25) is 0 Å². The SMILES string of the molecule is O=C(O)c1cc([N+](=O)[O-])cnc1SC1CCCCC1. The Kier molecular flexibility index (Phi) is 4.36. The fraction of sp³-hybridized carbons (Fsp3) is 0.500.